The minimum atomic E-state index is -0.330. The van der Waals surface area contributed by atoms with Gasteiger partial charge in [0.1, 0.15) is 5.82 Å². The Morgan fingerprint density at radius 3 is 2.13 bits per heavy atom. The summed E-state index contributed by atoms with van der Waals surface area (Å²) in [6.07, 6.45) is 2.92. The van der Waals surface area contributed by atoms with E-state index in [-0.39, 0.29) is 11.2 Å². The van der Waals surface area contributed by atoms with Crippen LogP contribution < -0.4 is 0 Å². The maximum atomic E-state index is 13.4. The third-order valence-electron chi connectivity index (χ3n) is 3.41. The molecule has 0 saturated heterocycles. The van der Waals surface area contributed by atoms with Gasteiger partial charge in [-0.2, -0.15) is 5.26 Å². The number of nitriles is 1. The molecule has 1 aromatic carbocycles. The number of hydrogen-bond acceptors (Lipinski definition) is 1. The predicted molar refractivity (Wildman–Crippen MR) is 57.0 cm³/mol. The second kappa shape index (κ2) is 3.34. The summed E-state index contributed by atoms with van der Waals surface area (Å²) in [6, 6.07) is 6.03. The van der Waals surface area contributed by atoms with Gasteiger partial charge in [0.25, 0.3) is 0 Å². The van der Waals surface area contributed by atoms with Gasteiger partial charge in [-0.3, -0.25) is 0 Å². The molecule has 2 heteroatoms. The van der Waals surface area contributed by atoms with Crippen molar-refractivity contribution in [2.45, 2.75) is 38.5 Å². The van der Waals surface area contributed by atoms with Crippen LogP contribution in [0.5, 0.6) is 0 Å². The molecular formula is C13H14FN. The van der Waals surface area contributed by atoms with E-state index in [4.69, 9.17) is 0 Å². The van der Waals surface area contributed by atoms with Crippen LogP contribution in [-0.4, -0.2) is 0 Å². The summed E-state index contributed by atoms with van der Waals surface area (Å²) in [5, 5.41) is 9.20. The molecule has 0 spiro atoms. The first-order chi connectivity index (χ1) is 7.09. The predicted octanol–water partition coefficient (Wildman–Crippen LogP) is 3.39. The zero-order valence-electron chi connectivity index (χ0n) is 9.10. The number of benzene rings is 1. The highest BCUT2D eigenvalue weighted by Crippen LogP contribution is 2.43. The van der Waals surface area contributed by atoms with Crippen molar-refractivity contribution in [3.05, 3.63) is 34.6 Å². The summed E-state index contributed by atoms with van der Waals surface area (Å²) in [4.78, 5) is 0. The zero-order chi connectivity index (χ0) is 11.1. The second-order valence-electron chi connectivity index (χ2n) is 4.47. The molecule has 15 heavy (non-hydrogen) atoms. The van der Waals surface area contributed by atoms with Gasteiger partial charge >= 0.3 is 0 Å². The molecule has 0 N–H and O–H groups in total. The van der Waals surface area contributed by atoms with E-state index in [1.807, 2.05) is 12.1 Å². The molecule has 0 radical (unpaired) electrons. The molecule has 1 aliphatic carbocycles. The Hall–Kier alpha value is -1.36. The molecule has 0 unspecified atom stereocenters. The Morgan fingerprint density at radius 2 is 1.80 bits per heavy atom. The molecule has 0 heterocycles. The molecule has 1 saturated carbocycles. The highest BCUT2D eigenvalue weighted by Gasteiger charge is 2.39. The first kappa shape index (κ1) is 10.2. The van der Waals surface area contributed by atoms with Gasteiger partial charge < -0.3 is 0 Å². The van der Waals surface area contributed by atoms with E-state index in [1.165, 1.54) is 0 Å². The fourth-order valence-electron chi connectivity index (χ4n) is 2.22. The summed E-state index contributed by atoms with van der Waals surface area (Å²) in [5.41, 5.74) is 1.95. The van der Waals surface area contributed by atoms with Gasteiger partial charge in [-0.15, -0.1) is 0 Å². The maximum absolute atomic E-state index is 13.4. The minimum Gasteiger partial charge on any atom is -0.206 e. The summed E-state index contributed by atoms with van der Waals surface area (Å²) >= 11 is 0. The molecule has 0 amide bonds. The van der Waals surface area contributed by atoms with E-state index in [2.05, 4.69) is 6.07 Å². The molecule has 1 aliphatic rings. The number of hydrogen-bond donors (Lipinski definition) is 0. The van der Waals surface area contributed by atoms with Crippen molar-refractivity contribution >= 4 is 0 Å². The van der Waals surface area contributed by atoms with Crippen molar-refractivity contribution in [1.29, 1.82) is 5.26 Å². The van der Waals surface area contributed by atoms with Crippen molar-refractivity contribution < 1.29 is 4.39 Å². The van der Waals surface area contributed by atoms with Gasteiger partial charge in [0, 0.05) is 0 Å². The summed E-state index contributed by atoms with van der Waals surface area (Å²) in [7, 11) is 0. The number of nitrogens with zero attached hydrogens (tertiary/aromatic N) is 1. The summed E-state index contributed by atoms with van der Waals surface area (Å²) < 4.78 is 13.4. The van der Waals surface area contributed by atoms with Crippen LogP contribution in [-0.2, 0) is 5.41 Å². The third kappa shape index (κ3) is 1.43. The lowest BCUT2D eigenvalue weighted by Crippen LogP contribution is -2.32. The van der Waals surface area contributed by atoms with Crippen molar-refractivity contribution in [3.8, 4) is 6.07 Å². The molecule has 0 aromatic heterocycles. The average molecular weight is 203 g/mol. The zero-order valence-corrected chi connectivity index (χ0v) is 9.10. The molecule has 0 atom stereocenters. The van der Waals surface area contributed by atoms with Gasteiger partial charge in [0.05, 0.1) is 11.5 Å². The maximum Gasteiger partial charge on any atom is 0.129 e. The molecule has 1 nitrogen and oxygen atoms in total. The van der Waals surface area contributed by atoms with Crippen LogP contribution in [0.4, 0.5) is 4.39 Å². The summed E-state index contributed by atoms with van der Waals surface area (Å²) in [6.45, 7) is 3.52. The van der Waals surface area contributed by atoms with Crippen LogP contribution in [0.1, 0.15) is 36.0 Å². The molecule has 78 valence electrons. The Morgan fingerprint density at radius 1 is 1.27 bits per heavy atom. The fourth-order valence-corrected chi connectivity index (χ4v) is 2.22. The quantitative estimate of drug-likeness (QED) is 0.686. The van der Waals surface area contributed by atoms with E-state index in [9.17, 15) is 9.65 Å². The standard InChI is InChI=1S/C13H14FN/c1-9-6-11(7-10(2)12(9)14)13(8-15)4-3-5-13/h6-7H,3-5H2,1-2H3. The minimum absolute atomic E-state index is 0.147. The normalized spacial score (nSPS) is 18.0. The number of aryl methyl sites for hydroxylation is 2. The molecule has 1 aromatic rings. The van der Waals surface area contributed by atoms with E-state index in [0.29, 0.717) is 11.1 Å². The topological polar surface area (TPSA) is 23.8 Å². The third-order valence-corrected chi connectivity index (χ3v) is 3.41. The van der Waals surface area contributed by atoms with Crippen molar-refractivity contribution in [2.24, 2.45) is 0 Å². The van der Waals surface area contributed by atoms with Crippen LogP contribution in [0.3, 0.4) is 0 Å². The van der Waals surface area contributed by atoms with Gasteiger partial charge in [0.2, 0.25) is 0 Å². The van der Waals surface area contributed by atoms with E-state index < -0.39 is 0 Å². The smallest absolute Gasteiger partial charge is 0.129 e. The van der Waals surface area contributed by atoms with Gasteiger partial charge in [-0.25, -0.2) is 4.39 Å². The largest absolute Gasteiger partial charge is 0.206 e. The lowest BCUT2D eigenvalue weighted by atomic mass is 9.65. The Bertz CT molecular complexity index is 415. The van der Waals surface area contributed by atoms with Crippen LogP contribution in [0.15, 0.2) is 12.1 Å². The molecule has 2 rings (SSSR count). The van der Waals surface area contributed by atoms with Crippen LogP contribution in [0, 0.1) is 31.0 Å². The van der Waals surface area contributed by atoms with E-state index >= 15 is 0 Å². The van der Waals surface area contributed by atoms with Gasteiger partial charge in [-0.05, 0) is 49.8 Å². The highest BCUT2D eigenvalue weighted by atomic mass is 19.1. The Kier molecular flexibility index (Phi) is 2.26. The number of rotatable bonds is 1. The van der Waals surface area contributed by atoms with Gasteiger partial charge in [-0.1, -0.05) is 12.1 Å². The summed E-state index contributed by atoms with van der Waals surface area (Å²) in [5.74, 6) is -0.147. The second-order valence-corrected chi connectivity index (χ2v) is 4.47. The van der Waals surface area contributed by atoms with Crippen molar-refractivity contribution in [1.82, 2.24) is 0 Å². The first-order valence-corrected chi connectivity index (χ1v) is 5.27. The van der Waals surface area contributed by atoms with Crippen LogP contribution in [0.2, 0.25) is 0 Å². The Balaban J connectivity index is 2.51. The SMILES string of the molecule is Cc1cc(C2(C#N)CCC2)cc(C)c1F. The molecule has 1 fully saturated rings. The highest BCUT2D eigenvalue weighted by molar-refractivity contribution is 5.40. The van der Waals surface area contributed by atoms with Crippen molar-refractivity contribution in [2.75, 3.05) is 0 Å². The lowest BCUT2D eigenvalue weighted by Gasteiger charge is -2.36. The van der Waals surface area contributed by atoms with E-state index in [1.54, 1.807) is 13.8 Å². The molecule has 0 bridgehead atoms. The lowest BCUT2D eigenvalue weighted by molar-refractivity contribution is 0.323. The Labute approximate surface area is 89.5 Å². The average Bonchev–Trinajstić information content (AvgIpc) is 2.13. The molecule has 0 aliphatic heterocycles. The van der Waals surface area contributed by atoms with Crippen LogP contribution >= 0.6 is 0 Å². The fraction of sp³-hybridized carbons (Fsp3) is 0.462. The molecular weight excluding hydrogens is 189 g/mol. The van der Waals surface area contributed by atoms with Crippen LogP contribution in [0.25, 0.3) is 0 Å². The van der Waals surface area contributed by atoms with Gasteiger partial charge in [0.15, 0.2) is 0 Å². The monoisotopic (exact) mass is 203 g/mol. The first-order valence-electron chi connectivity index (χ1n) is 5.27. The number of halogens is 1. The van der Waals surface area contributed by atoms with Crippen molar-refractivity contribution in [3.63, 3.8) is 0 Å². The van der Waals surface area contributed by atoms with E-state index in [0.717, 1.165) is 24.8 Å².